The van der Waals surface area contributed by atoms with Crippen molar-refractivity contribution in [2.75, 3.05) is 32.6 Å². The predicted molar refractivity (Wildman–Crippen MR) is 113 cm³/mol. The Morgan fingerprint density at radius 2 is 2.12 bits per heavy atom. The summed E-state index contributed by atoms with van der Waals surface area (Å²) in [7, 11) is 5.73. The normalized spacial score (nSPS) is 10.9. The molecule has 0 saturated carbocycles. The Labute approximate surface area is 168 Å². The third-order valence-electron chi connectivity index (χ3n) is 3.08. The van der Waals surface area contributed by atoms with E-state index in [0.717, 1.165) is 35.3 Å². The summed E-state index contributed by atoms with van der Waals surface area (Å²) in [6.45, 7) is 1.41. The van der Waals surface area contributed by atoms with Crippen molar-refractivity contribution < 1.29 is 0 Å². The Kier molecular flexibility index (Phi) is 9.30. The van der Waals surface area contributed by atoms with Crippen LogP contribution in [0, 0.1) is 0 Å². The summed E-state index contributed by atoms with van der Waals surface area (Å²) >= 11 is 7.41. The third kappa shape index (κ3) is 6.78. The van der Waals surface area contributed by atoms with Crippen molar-refractivity contribution >= 4 is 58.0 Å². The van der Waals surface area contributed by atoms with Crippen molar-refractivity contribution in [2.45, 2.75) is 13.0 Å². The molecule has 2 aromatic rings. The second kappa shape index (κ2) is 10.7. The predicted octanol–water partition coefficient (Wildman–Crippen LogP) is 2.78. The van der Waals surface area contributed by atoms with E-state index in [0.29, 0.717) is 11.7 Å². The van der Waals surface area contributed by atoms with E-state index in [9.17, 15) is 0 Å². The zero-order valence-electron chi connectivity index (χ0n) is 13.9. The first-order valence-corrected chi connectivity index (χ1v) is 8.51. The summed E-state index contributed by atoms with van der Waals surface area (Å²) in [6.07, 6.45) is 2.64. The van der Waals surface area contributed by atoms with Gasteiger partial charge in [0.25, 0.3) is 0 Å². The van der Waals surface area contributed by atoms with Crippen LogP contribution in [-0.2, 0) is 13.0 Å². The van der Waals surface area contributed by atoms with Gasteiger partial charge in [-0.25, -0.2) is 9.97 Å². The molecule has 2 rings (SSSR count). The van der Waals surface area contributed by atoms with Crippen LogP contribution in [0.15, 0.2) is 28.7 Å². The van der Waals surface area contributed by atoms with Crippen LogP contribution >= 0.6 is 46.9 Å². The maximum Gasteiger partial charge on any atom is 0.191 e. The minimum absolute atomic E-state index is 0. The number of guanidine groups is 1. The largest absolute Gasteiger partial charge is 0.356 e. The molecule has 9 heteroatoms. The highest BCUT2D eigenvalue weighted by Crippen LogP contribution is 2.17. The van der Waals surface area contributed by atoms with Crippen molar-refractivity contribution in [3.05, 3.63) is 40.1 Å². The fraction of sp³-hybridized carbons (Fsp3) is 0.400. The molecular weight excluding hydrogens is 459 g/mol. The lowest BCUT2D eigenvalue weighted by Crippen LogP contribution is -2.37. The molecule has 0 radical (unpaired) electrons. The summed E-state index contributed by atoms with van der Waals surface area (Å²) in [5.74, 6) is 0.756. The Morgan fingerprint density at radius 1 is 1.33 bits per heavy atom. The molecule has 0 saturated heterocycles. The van der Waals surface area contributed by atoms with E-state index in [1.54, 1.807) is 30.6 Å². The van der Waals surface area contributed by atoms with E-state index in [4.69, 9.17) is 11.6 Å². The molecule has 0 aromatic carbocycles. The van der Waals surface area contributed by atoms with E-state index in [1.807, 2.05) is 25.1 Å². The molecule has 0 aliphatic carbocycles. The van der Waals surface area contributed by atoms with Gasteiger partial charge in [-0.05, 0) is 18.1 Å². The SMILES string of the molecule is CN=C(NCCc1ccc(Cl)nc1)NCc1csc(N(C)C)n1.I. The number of aliphatic imine (C=N–C) groups is 1. The standard InChI is InChI=1S/C15H21ClN6S.HI/c1-17-14(18-7-6-11-4-5-13(16)19-8-11)20-9-12-10-23-15(21-12)22(2)3;/h4-5,8,10H,6-7,9H2,1-3H3,(H2,17,18,20);1H. The topological polar surface area (TPSA) is 65.4 Å². The average Bonchev–Trinajstić information content (AvgIpc) is 3.01. The molecule has 0 atom stereocenters. The lowest BCUT2D eigenvalue weighted by molar-refractivity contribution is 0.784. The quantitative estimate of drug-likeness (QED) is 0.288. The zero-order valence-corrected chi connectivity index (χ0v) is 17.8. The van der Waals surface area contributed by atoms with Crippen LogP contribution in [0.1, 0.15) is 11.3 Å². The summed E-state index contributed by atoms with van der Waals surface area (Å²) in [4.78, 5) is 14.8. The van der Waals surface area contributed by atoms with E-state index in [-0.39, 0.29) is 24.0 Å². The molecule has 2 N–H and O–H groups in total. The number of hydrogen-bond donors (Lipinski definition) is 2. The Hall–Kier alpha value is -1.13. The molecule has 0 bridgehead atoms. The number of hydrogen-bond acceptors (Lipinski definition) is 5. The van der Waals surface area contributed by atoms with Crippen molar-refractivity contribution in [1.29, 1.82) is 0 Å². The third-order valence-corrected chi connectivity index (χ3v) is 4.36. The molecule has 6 nitrogen and oxygen atoms in total. The first-order chi connectivity index (χ1) is 11.1. The molecule has 2 aromatic heterocycles. The lowest BCUT2D eigenvalue weighted by atomic mass is 10.2. The van der Waals surface area contributed by atoms with Crippen LogP contribution in [0.5, 0.6) is 0 Å². The maximum atomic E-state index is 5.78. The highest BCUT2D eigenvalue weighted by atomic mass is 127. The van der Waals surface area contributed by atoms with Gasteiger partial charge in [0.1, 0.15) is 5.15 Å². The second-order valence-electron chi connectivity index (χ2n) is 5.11. The van der Waals surface area contributed by atoms with E-state index in [2.05, 4.69) is 31.0 Å². The van der Waals surface area contributed by atoms with Gasteiger partial charge in [-0.15, -0.1) is 35.3 Å². The van der Waals surface area contributed by atoms with Gasteiger partial charge in [-0.2, -0.15) is 0 Å². The molecule has 0 fully saturated rings. The number of halogens is 2. The van der Waals surface area contributed by atoms with Crippen LogP contribution in [0.2, 0.25) is 5.15 Å². The number of pyridine rings is 1. The van der Waals surface area contributed by atoms with Crippen LogP contribution in [0.25, 0.3) is 0 Å². The monoisotopic (exact) mass is 480 g/mol. The van der Waals surface area contributed by atoms with E-state index < -0.39 is 0 Å². The fourth-order valence-corrected chi connectivity index (χ4v) is 2.73. The molecule has 132 valence electrons. The van der Waals surface area contributed by atoms with Gasteiger partial charge < -0.3 is 15.5 Å². The van der Waals surface area contributed by atoms with Gasteiger partial charge in [-0.1, -0.05) is 17.7 Å². The highest BCUT2D eigenvalue weighted by Gasteiger charge is 2.04. The van der Waals surface area contributed by atoms with Crippen LogP contribution < -0.4 is 15.5 Å². The first kappa shape index (κ1) is 20.9. The number of nitrogens with one attached hydrogen (secondary N) is 2. The van der Waals surface area contributed by atoms with Gasteiger partial charge >= 0.3 is 0 Å². The van der Waals surface area contributed by atoms with Crippen molar-refractivity contribution in [3.63, 3.8) is 0 Å². The van der Waals surface area contributed by atoms with Crippen molar-refractivity contribution in [2.24, 2.45) is 4.99 Å². The molecule has 0 spiro atoms. The van der Waals surface area contributed by atoms with Gasteiger partial charge in [0, 0.05) is 39.3 Å². The first-order valence-electron chi connectivity index (χ1n) is 7.25. The zero-order chi connectivity index (χ0) is 16.7. The minimum atomic E-state index is 0. The molecular formula is C15H22ClIN6S. The van der Waals surface area contributed by atoms with Crippen LogP contribution in [0.3, 0.4) is 0 Å². The number of aromatic nitrogens is 2. The lowest BCUT2D eigenvalue weighted by Gasteiger charge is -2.11. The Bertz CT molecular complexity index is 644. The summed E-state index contributed by atoms with van der Waals surface area (Å²) in [6, 6.07) is 3.78. The molecule has 0 unspecified atom stereocenters. The molecule has 0 aliphatic heterocycles. The van der Waals surface area contributed by atoms with Crippen molar-refractivity contribution in [1.82, 2.24) is 20.6 Å². The van der Waals surface area contributed by atoms with Crippen LogP contribution in [0.4, 0.5) is 5.13 Å². The van der Waals surface area contributed by atoms with E-state index in [1.165, 1.54) is 0 Å². The Balaban J connectivity index is 0.00000288. The smallest absolute Gasteiger partial charge is 0.191 e. The highest BCUT2D eigenvalue weighted by molar-refractivity contribution is 14.0. The molecule has 0 aliphatic rings. The molecule has 0 amide bonds. The molecule has 24 heavy (non-hydrogen) atoms. The van der Waals surface area contributed by atoms with Crippen molar-refractivity contribution in [3.8, 4) is 0 Å². The summed E-state index contributed by atoms with van der Waals surface area (Å²) in [5, 5.41) is 10.1. The number of anilines is 1. The van der Waals surface area contributed by atoms with Gasteiger partial charge in [0.2, 0.25) is 0 Å². The minimum Gasteiger partial charge on any atom is -0.356 e. The van der Waals surface area contributed by atoms with Gasteiger partial charge in [-0.3, -0.25) is 4.99 Å². The number of thiazole rings is 1. The maximum absolute atomic E-state index is 5.78. The number of rotatable bonds is 6. The average molecular weight is 481 g/mol. The van der Waals surface area contributed by atoms with Crippen LogP contribution in [-0.4, -0.2) is 43.6 Å². The molecule has 2 heterocycles. The van der Waals surface area contributed by atoms with E-state index >= 15 is 0 Å². The fourth-order valence-electron chi connectivity index (χ4n) is 1.86. The second-order valence-corrected chi connectivity index (χ2v) is 6.33. The summed E-state index contributed by atoms with van der Waals surface area (Å²) in [5.41, 5.74) is 2.14. The number of nitrogens with zero attached hydrogens (tertiary/aromatic N) is 4. The van der Waals surface area contributed by atoms with Gasteiger partial charge in [0.15, 0.2) is 11.1 Å². The van der Waals surface area contributed by atoms with Gasteiger partial charge in [0.05, 0.1) is 12.2 Å². The Morgan fingerprint density at radius 3 is 2.71 bits per heavy atom. The summed E-state index contributed by atoms with van der Waals surface area (Å²) < 4.78 is 0.